The first-order valence-electron chi connectivity index (χ1n) is 5.96. The molecule has 0 amide bonds. The van der Waals surface area contributed by atoms with Gasteiger partial charge in [0, 0.05) is 17.8 Å². The van der Waals surface area contributed by atoms with Gasteiger partial charge in [0.2, 0.25) is 5.88 Å². The second-order valence-corrected chi connectivity index (χ2v) is 4.34. The SMILES string of the molecule is Cc1cc(C)c(CN)c(OCCOC(C)C)n1. The highest BCUT2D eigenvalue weighted by atomic mass is 16.5. The molecular weight excluding hydrogens is 216 g/mol. The van der Waals surface area contributed by atoms with Crippen LogP contribution in [-0.2, 0) is 11.3 Å². The highest BCUT2D eigenvalue weighted by molar-refractivity contribution is 5.35. The smallest absolute Gasteiger partial charge is 0.218 e. The molecule has 0 saturated heterocycles. The zero-order chi connectivity index (χ0) is 12.8. The molecule has 0 saturated carbocycles. The summed E-state index contributed by atoms with van der Waals surface area (Å²) in [7, 11) is 0. The third-order valence-electron chi connectivity index (χ3n) is 2.41. The second kappa shape index (κ2) is 6.57. The molecule has 0 radical (unpaired) electrons. The summed E-state index contributed by atoms with van der Waals surface area (Å²) in [4.78, 5) is 4.36. The first-order valence-corrected chi connectivity index (χ1v) is 5.96. The number of rotatable bonds is 6. The van der Waals surface area contributed by atoms with E-state index in [4.69, 9.17) is 15.2 Å². The normalized spacial score (nSPS) is 10.9. The minimum absolute atomic E-state index is 0.222. The lowest BCUT2D eigenvalue weighted by Crippen LogP contribution is -2.14. The Labute approximate surface area is 103 Å². The average molecular weight is 238 g/mol. The maximum atomic E-state index is 5.70. The third kappa shape index (κ3) is 4.32. The van der Waals surface area contributed by atoms with Gasteiger partial charge in [-0.05, 0) is 39.3 Å². The average Bonchev–Trinajstić information content (AvgIpc) is 2.23. The largest absolute Gasteiger partial charge is 0.475 e. The van der Waals surface area contributed by atoms with Crippen molar-refractivity contribution in [2.45, 2.75) is 40.3 Å². The molecule has 0 atom stereocenters. The molecule has 2 N–H and O–H groups in total. The Morgan fingerprint density at radius 3 is 2.59 bits per heavy atom. The molecule has 1 heterocycles. The van der Waals surface area contributed by atoms with Crippen LogP contribution in [0.2, 0.25) is 0 Å². The van der Waals surface area contributed by atoms with Crippen molar-refractivity contribution in [1.82, 2.24) is 4.98 Å². The van der Waals surface area contributed by atoms with Gasteiger partial charge in [-0.25, -0.2) is 4.98 Å². The van der Waals surface area contributed by atoms with Crippen LogP contribution in [-0.4, -0.2) is 24.3 Å². The van der Waals surface area contributed by atoms with Crippen LogP contribution in [0, 0.1) is 13.8 Å². The molecule has 0 fully saturated rings. The van der Waals surface area contributed by atoms with E-state index in [1.807, 2.05) is 33.8 Å². The van der Waals surface area contributed by atoms with Crippen molar-refractivity contribution >= 4 is 0 Å². The Morgan fingerprint density at radius 2 is 2.00 bits per heavy atom. The molecule has 0 aromatic carbocycles. The number of ether oxygens (including phenoxy) is 2. The number of hydrogen-bond acceptors (Lipinski definition) is 4. The number of aryl methyl sites for hydroxylation is 2. The lowest BCUT2D eigenvalue weighted by atomic mass is 10.1. The molecule has 0 spiro atoms. The monoisotopic (exact) mass is 238 g/mol. The lowest BCUT2D eigenvalue weighted by molar-refractivity contribution is 0.0540. The van der Waals surface area contributed by atoms with Crippen LogP contribution in [0.4, 0.5) is 0 Å². The van der Waals surface area contributed by atoms with Crippen molar-refractivity contribution in [3.63, 3.8) is 0 Å². The van der Waals surface area contributed by atoms with Gasteiger partial charge in [-0.3, -0.25) is 0 Å². The third-order valence-corrected chi connectivity index (χ3v) is 2.41. The molecule has 1 aromatic rings. The molecular formula is C13H22N2O2. The zero-order valence-corrected chi connectivity index (χ0v) is 11.1. The maximum absolute atomic E-state index is 5.70. The molecule has 4 heteroatoms. The topological polar surface area (TPSA) is 57.4 Å². The summed E-state index contributed by atoms with van der Waals surface area (Å²) in [5.74, 6) is 0.636. The summed E-state index contributed by atoms with van der Waals surface area (Å²) < 4.78 is 11.0. The van der Waals surface area contributed by atoms with Crippen molar-refractivity contribution in [2.75, 3.05) is 13.2 Å². The van der Waals surface area contributed by atoms with Gasteiger partial charge in [0.25, 0.3) is 0 Å². The highest BCUT2D eigenvalue weighted by Crippen LogP contribution is 2.20. The van der Waals surface area contributed by atoms with Crippen LogP contribution >= 0.6 is 0 Å². The van der Waals surface area contributed by atoms with Gasteiger partial charge < -0.3 is 15.2 Å². The van der Waals surface area contributed by atoms with Crippen molar-refractivity contribution in [1.29, 1.82) is 0 Å². The van der Waals surface area contributed by atoms with Gasteiger partial charge >= 0.3 is 0 Å². The quantitative estimate of drug-likeness (QED) is 0.770. The van der Waals surface area contributed by atoms with E-state index in [9.17, 15) is 0 Å². The fourth-order valence-corrected chi connectivity index (χ4v) is 1.62. The summed E-state index contributed by atoms with van der Waals surface area (Å²) >= 11 is 0. The lowest BCUT2D eigenvalue weighted by Gasteiger charge is -2.13. The van der Waals surface area contributed by atoms with Crippen LogP contribution in [0.3, 0.4) is 0 Å². The van der Waals surface area contributed by atoms with Crippen molar-refractivity contribution in [3.8, 4) is 5.88 Å². The number of aromatic nitrogens is 1. The molecule has 1 aromatic heterocycles. The molecule has 0 bridgehead atoms. The number of nitrogens with zero attached hydrogens (tertiary/aromatic N) is 1. The van der Waals surface area contributed by atoms with Crippen LogP contribution in [0.5, 0.6) is 5.88 Å². The number of pyridine rings is 1. The molecule has 1 rings (SSSR count). The van der Waals surface area contributed by atoms with E-state index in [0.29, 0.717) is 25.6 Å². The first kappa shape index (κ1) is 13.9. The molecule has 0 aliphatic heterocycles. The van der Waals surface area contributed by atoms with Gasteiger partial charge in [-0.15, -0.1) is 0 Å². The summed E-state index contributed by atoms with van der Waals surface area (Å²) in [6.45, 7) is 9.48. The van der Waals surface area contributed by atoms with Gasteiger partial charge in [0.1, 0.15) is 6.61 Å². The Morgan fingerprint density at radius 1 is 1.29 bits per heavy atom. The van der Waals surface area contributed by atoms with E-state index in [0.717, 1.165) is 16.8 Å². The van der Waals surface area contributed by atoms with Gasteiger partial charge in [0.05, 0.1) is 12.7 Å². The minimum atomic E-state index is 0.222. The summed E-state index contributed by atoms with van der Waals surface area (Å²) in [5.41, 5.74) is 8.74. The van der Waals surface area contributed by atoms with E-state index in [-0.39, 0.29) is 6.10 Å². The first-order chi connectivity index (χ1) is 8.04. The predicted molar refractivity (Wildman–Crippen MR) is 68.2 cm³/mol. The van der Waals surface area contributed by atoms with Crippen LogP contribution < -0.4 is 10.5 Å². The Kier molecular flexibility index (Phi) is 5.38. The number of hydrogen-bond donors (Lipinski definition) is 1. The summed E-state index contributed by atoms with van der Waals surface area (Å²) in [5, 5.41) is 0. The van der Waals surface area contributed by atoms with E-state index < -0.39 is 0 Å². The van der Waals surface area contributed by atoms with Gasteiger partial charge in [-0.1, -0.05) is 0 Å². The summed E-state index contributed by atoms with van der Waals surface area (Å²) in [6, 6.07) is 2.01. The van der Waals surface area contributed by atoms with E-state index in [1.165, 1.54) is 0 Å². The Hall–Kier alpha value is -1.13. The number of nitrogens with two attached hydrogens (primary N) is 1. The van der Waals surface area contributed by atoms with Crippen LogP contribution in [0.25, 0.3) is 0 Å². The predicted octanol–water partition coefficient (Wildman–Crippen LogP) is 1.96. The standard InChI is InChI=1S/C13H22N2O2/c1-9(2)16-5-6-17-13-12(8-14)10(3)7-11(4)15-13/h7,9H,5-6,8,14H2,1-4H3. The molecule has 17 heavy (non-hydrogen) atoms. The summed E-state index contributed by atoms with van der Waals surface area (Å²) in [6.07, 6.45) is 0.222. The zero-order valence-electron chi connectivity index (χ0n) is 11.1. The van der Waals surface area contributed by atoms with Gasteiger partial charge in [0.15, 0.2) is 0 Å². The van der Waals surface area contributed by atoms with E-state index >= 15 is 0 Å². The molecule has 96 valence electrons. The highest BCUT2D eigenvalue weighted by Gasteiger charge is 2.08. The maximum Gasteiger partial charge on any atom is 0.218 e. The molecule has 0 aliphatic carbocycles. The Balaban J connectivity index is 2.63. The van der Waals surface area contributed by atoms with Gasteiger partial charge in [-0.2, -0.15) is 0 Å². The van der Waals surface area contributed by atoms with E-state index in [1.54, 1.807) is 0 Å². The second-order valence-electron chi connectivity index (χ2n) is 4.34. The molecule has 0 unspecified atom stereocenters. The minimum Gasteiger partial charge on any atom is -0.475 e. The van der Waals surface area contributed by atoms with Crippen molar-refractivity contribution < 1.29 is 9.47 Å². The Bertz CT molecular complexity index is 365. The van der Waals surface area contributed by atoms with Crippen molar-refractivity contribution in [3.05, 3.63) is 22.9 Å². The fraction of sp³-hybridized carbons (Fsp3) is 0.615. The molecule has 4 nitrogen and oxygen atoms in total. The van der Waals surface area contributed by atoms with Crippen molar-refractivity contribution in [2.24, 2.45) is 5.73 Å². The van der Waals surface area contributed by atoms with Crippen LogP contribution in [0.1, 0.15) is 30.7 Å². The molecule has 0 aliphatic rings. The fourth-order valence-electron chi connectivity index (χ4n) is 1.62. The van der Waals surface area contributed by atoms with E-state index in [2.05, 4.69) is 4.98 Å². The van der Waals surface area contributed by atoms with Crippen LogP contribution in [0.15, 0.2) is 6.07 Å².